The lowest BCUT2D eigenvalue weighted by Gasteiger charge is -2.28. The zero-order valence-corrected chi connectivity index (χ0v) is 17.4. The van der Waals surface area contributed by atoms with E-state index in [0.717, 1.165) is 0 Å². The summed E-state index contributed by atoms with van der Waals surface area (Å²) in [7, 11) is 3.04. The zero-order chi connectivity index (χ0) is 22.1. The molecule has 31 heavy (non-hydrogen) atoms. The van der Waals surface area contributed by atoms with Crippen LogP contribution in [0.3, 0.4) is 0 Å². The van der Waals surface area contributed by atoms with E-state index in [4.69, 9.17) is 24.7 Å². The van der Waals surface area contributed by atoms with Crippen molar-refractivity contribution in [3.05, 3.63) is 75.4 Å². The highest BCUT2D eigenvalue weighted by atomic mass is 16.5. The van der Waals surface area contributed by atoms with Crippen LogP contribution in [0.25, 0.3) is 10.9 Å². The van der Waals surface area contributed by atoms with Crippen molar-refractivity contribution in [2.45, 2.75) is 12.8 Å². The molecule has 1 atom stereocenters. The monoisotopic (exact) mass is 422 g/mol. The Morgan fingerprint density at radius 1 is 1.13 bits per heavy atom. The molecule has 2 aromatic carbocycles. The van der Waals surface area contributed by atoms with Crippen LogP contribution in [-0.4, -0.2) is 31.8 Å². The molecular formula is C23H22N2O6. The maximum Gasteiger partial charge on any atom is 0.340 e. The van der Waals surface area contributed by atoms with Crippen LogP contribution in [-0.2, 0) is 9.53 Å². The number of ether oxygens (including phenoxy) is 4. The van der Waals surface area contributed by atoms with Gasteiger partial charge in [-0.25, -0.2) is 4.79 Å². The molecule has 8 heteroatoms. The number of carbonyl (C=O) groups is 1. The van der Waals surface area contributed by atoms with E-state index in [2.05, 4.69) is 4.98 Å². The van der Waals surface area contributed by atoms with Gasteiger partial charge < -0.3 is 29.7 Å². The molecule has 3 aromatic rings. The Morgan fingerprint density at radius 3 is 2.58 bits per heavy atom. The summed E-state index contributed by atoms with van der Waals surface area (Å²) in [5.74, 6) is -0.312. The van der Waals surface area contributed by atoms with Gasteiger partial charge in [0, 0.05) is 5.39 Å². The lowest BCUT2D eigenvalue weighted by molar-refractivity contribution is -0.139. The molecule has 0 fully saturated rings. The molecule has 0 spiro atoms. The number of pyridine rings is 1. The first-order chi connectivity index (χ1) is 15.0. The Kier molecular flexibility index (Phi) is 5.29. The van der Waals surface area contributed by atoms with E-state index in [-0.39, 0.29) is 29.2 Å². The standard InChI is InChI=1S/C23H22N2O6/c1-4-30-23(27)19-17(12-9-10-15(28-2)16(11-12)29-3)18-20(31-21(19)24)13-7-5-6-8-14(13)25-22(18)26/h5-11,17H,4,24H2,1-3H3,(H,25,26). The maximum atomic E-state index is 13.2. The van der Waals surface area contributed by atoms with Crippen LogP contribution in [0.2, 0.25) is 0 Å². The molecular weight excluding hydrogens is 400 g/mol. The Labute approximate surface area is 178 Å². The second-order valence-corrected chi connectivity index (χ2v) is 6.89. The highest BCUT2D eigenvalue weighted by molar-refractivity contribution is 5.95. The fourth-order valence-corrected chi connectivity index (χ4v) is 3.84. The minimum absolute atomic E-state index is 0.0577. The Bertz CT molecular complexity index is 1260. The van der Waals surface area contributed by atoms with Crippen LogP contribution in [0.1, 0.15) is 24.0 Å². The quantitative estimate of drug-likeness (QED) is 0.608. The summed E-state index contributed by atoms with van der Waals surface area (Å²) < 4.78 is 21.8. The SMILES string of the molecule is CCOC(=O)C1=C(N)Oc2c(c(=O)[nH]c3ccccc23)C1c1ccc(OC)c(OC)c1. The van der Waals surface area contributed by atoms with Crippen LogP contribution in [0.15, 0.2) is 58.7 Å². The molecule has 0 aliphatic carbocycles. The number of para-hydroxylation sites is 1. The first-order valence-corrected chi connectivity index (χ1v) is 9.71. The third-order valence-corrected chi connectivity index (χ3v) is 5.20. The van der Waals surface area contributed by atoms with Crippen molar-refractivity contribution in [3.63, 3.8) is 0 Å². The van der Waals surface area contributed by atoms with Gasteiger partial charge in [0.1, 0.15) is 11.3 Å². The summed E-state index contributed by atoms with van der Waals surface area (Å²) in [5.41, 5.74) is 7.35. The van der Waals surface area contributed by atoms with Crippen molar-refractivity contribution in [2.75, 3.05) is 20.8 Å². The van der Waals surface area contributed by atoms with Crippen molar-refractivity contribution >= 4 is 16.9 Å². The second kappa shape index (κ2) is 8.06. The van der Waals surface area contributed by atoms with Gasteiger partial charge in [-0.15, -0.1) is 0 Å². The second-order valence-electron chi connectivity index (χ2n) is 6.89. The zero-order valence-electron chi connectivity index (χ0n) is 17.4. The van der Waals surface area contributed by atoms with Gasteiger partial charge in [-0.3, -0.25) is 4.79 Å². The fourth-order valence-electron chi connectivity index (χ4n) is 3.84. The number of nitrogens with two attached hydrogens (primary N) is 1. The molecule has 0 saturated heterocycles. The number of benzene rings is 2. The smallest absolute Gasteiger partial charge is 0.340 e. The van der Waals surface area contributed by atoms with Crippen LogP contribution in [0.5, 0.6) is 17.2 Å². The highest BCUT2D eigenvalue weighted by Crippen LogP contribution is 2.45. The van der Waals surface area contributed by atoms with Crippen molar-refractivity contribution < 1.29 is 23.7 Å². The van der Waals surface area contributed by atoms with Gasteiger partial charge in [0.25, 0.3) is 5.56 Å². The predicted octanol–water partition coefficient (Wildman–Crippen LogP) is 2.80. The average Bonchev–Trinajstić information content (AvgIpc) is 2.77. The summed E-state index contributed by atoms with van der Waals surface area (Å²) in [5, 5.41) is 0.674. The van der Waals surface area contributed by atoms with E-state index in [9.17, 15) is 9.59 Å². The Balaban J connectivity index is 2.03. The number of methoxy groups -OCH3 is 2. The normalized spacial score (nSPS) is 15.3. The molecule has 160 valence electrons. The number of H-pyrrole nitrogens is 1. The summed E-state index contributed by atoms with van der Waals surface area (Å²) in [6.45, 7) is 1.84. The van der Waals surface area contributed by atoms with Gasteiger partial charge in [-0.1, -0.05) is 18.2 Å². The topological polar surface area (TPSA) is 113 Å². The largest absolute Gasteiger partial charge is 0.493 e. The van der Waals surface area contributed by atoms with Gasteiger partial charge in [-0.05, 0) is 36.8 Å². The van der Waals surface area contributed by atoms with Crippen molar-refractivity contribution in [1.29, 1.82) is 0 Å². The third-order valence-electron chi connectivity index (χ3n) is 5.20. The fraction of sp³-hybridized carbons (Fsp3) is 0.217. The van der Waals surface area contributed by atoms with E-state index in [0.29, 0.717) is 33.7 Å². The van der Waals surface area contributed by atoms with Gasteiger partial charge in [0.2, 0.25) is 5.88 Å². The molecule has 2 heterocycles. The number of fused-ring (bicyclic) bond motifs is 3. The van der Waals surface area contributed by atoms with Crippen LogP contribution in [0, 0.1) is 0 Å². The molecule has 3 N–H and O–H groups in total. The number of aromatic amines is 1. The average molecular weight is 422 g/mol. The van der Waals surface area contributed by atoms with Crippen molar-refractivity contribution in [1.82, 2.24) is 4.98 Å². The van der Waals surface area contributed by atoms with E-state index in [1.54, 1.807) is 31.2 Å². The number of rotatable bonds is 5. The summed E-state index contributed by atoms with van der Waals surface area (Å²) >= 11 is 0. The molecule has 1 aromatic heterocycles. The number of nitrogens with one attached hydrogen (secondary N) is 1. The van der Waals surface area contributed by atoms with Crippen LogP contribution in [0.4, 0.5) is 0 Å². The van der Waals surface area contributed by atoms with E-state index in [1.165, 1.54) is 14.2 Å². The number of aromatic nitrogens is 1. The molecule has 1 aliphatic heterocycles. The number of esters is 1. The van der Waals surface area contributed by atoms with Crippen molar-refractivity contribution in [3.8, 4) is 17.2 Å². The minimum Gasteiger partial charge on any atom is -0.493 e. The highest BCUT2D eigenvalue weighted by Gasteiger charge is 2.38. The Hall–Kier alpha value is -3.94. The molecule has 1 aliphatic rings. The minimum atomic E-state index is -0.823. The van der Waals surface area contributed by atoms with Gasteiger partial charge in [0.15, 0.2) is 11.5 Å². The summed E-state index contributed by atoms with van der Waals surface area (Å²) in [6.07, 6.45) is 0. The molecule has 0 radical (unpaired) electrons. The molecule has 1 unspecified atom stereocenters. The lowest BCUT2D eigenvalue weighted by atomic mass is 9.82. The molecule has 0 bridgehead atoms. The molecule has 0 saturated carbocycles. The summed E-state index contributed by atoms with van der Waals surface area (Å²) in [4.78, 5) is 28.9. The molecule has 4 rings (SSSR count). The van der Waals surface area contributed by atoms with E-state index < -0.39 is 11.9 Å². The van der Waals surface area contributed by atoms with Gasteiger partial charge in [-0.2, -0.15) is 0 Å². The molecule has 0 amide bonds. The van der Waals surface area contributed by atoms with Gasteiger partial charge >= 0.3 is 5.97 Å². The third kappa shape index (κ3) is 3.35. The number of hydrogen-bond donors (Lipinski definition) is 2. The van der Waals surface area contributed by atoms with Crippen LogP contribution >= 0.6 is 0 Å². The first kappa shape index (κ1) is 20.3. The number of carbonyl (C=O) groups excluding carboxylic acids is 1. The van der Waals surface area contributed by atoms with E-state index in [1.807, 2.05) is 18.2 Å². The first-order valence-electron chi connectivity index (χ1n) is 9.71. The van der Waals surface area contributed by atoms with E-state index >= 15 is 0 Å². The predicted molar refractivity (Wildman–Crippen MR) is 114 cm³/mol. The maximum absolute atomic E-state index is 13.2. The Morgan fingerprint density at radius 2 is 1.87 bits per heavy atom. The van der Waals surface area contributed by atoms with Crippen LogP contribution < -0.4 is 25.5 Å². The summed E-state index contributed by atoms with van der Waals surface area (Å²) in [6, 6.07) is 12.4. The molecule has 8 nitrogen and oxygen atoms in total. The lowest BCUT2D eigenvalue weighted by Crippen LogP contribution is -2.32. The number of hydrogen-bond acceptors (Lipinski definition) is 7. The van der Waals surface area contributed by atoms with Crippen molar-refractivity contribution in [2.24, 2.45) is 5.73 Å². The van der Waals surface area contributed by atoms with Gasteiger partial charge in [0.05, 0.1) is 37.8 Å².